The van der Waals surface area contributed by atoms with Crippen LogP contribution in [-0.4, -0.2) is 60.3 Å². The zero-order valence-corrected chi connectivity index (χ0v) is 10.7. The van der Waals surface area contributed by atoms with Crippen LogP contribution in [0.2, 0.25) is 0 Å². The molecular weight excluding hydrogens is 200 g/mol. The van der Waals surface area contributed by atoms with Crippen molar-refractivity contribution in [3.05, 3.63) is 0 Å². The number of likely N-dealkylation sites (tertiary alicyclic amines) is 1. The second-order valence-electron chi connectivity index (χ2n) is 5.64. The summed E-state index contributed by atoms with van der Waals surface area (Å²) in [7, 11) is 4.42. The van der Waals surface area contributed by atoms with E-state index in [9.17, 15) is 5.11 Å². The minimum Gasteiger partial charge on any atom is -0.391 e. The van der Waals surface area contributed by atoms with Gasteiger partial charge in [-0.3, -0.25) is 4.90 Å². The fourth-order valence-electron chi connectivity index (χ4n) is 3.31. The molecule has 3 heteroatoms. The largest absolute Gasteiger partial charge is 0.391 e. The molecule has 0 bridgehead atoms. The topological polar surface area (TPSA) is 26.7 Å². The smallest absolute Gasteiger partial charge is 0.0695 e. The van der Waals surface area contributed by atoms with E-state index in [1.807, 2.05) is 0 Å². The predicted octanol–water partition coefficient (Wildman–Crippen LogP) is 1.32. The van der Waals surface area contributed by atoms with Crippen LogP contribution in [0.15, 0.2) is 0 Å². The Morgan fingerprint density at radius 2 is 1.88 bits per heavy atom. The highest BCUT2D eigenvalue weighted by Gasteiger charge is 2.31. The highest BCUT2D eigenvalue weighted by Crippen LogP contribution is 2.26. The molecule has 16 heavy (non-hydrogen) atoms. The Morgan fingerprint density at radius 3 is 2.56 bits per heavy atom. The van der Waals surface area contributed by atoms with Gasteiger partial charge < -0.3 is 10.0 Å². The molecule has 0 amide bonds. The summed E-state index contributed by atoms with van der Waals surface area (Å²) in [4.78, 5) is 4.87. The van der Waals surface area contributed by atoms with Crippen molar-refractivity contribution in [3.63, 3.8) is 0 Å². The molecule has 0 aromatic carbocycles. The number of aliphatic hydroxyl groups excluding tert-OH is 1. The van der Waals surface area contributed by atoms with E-state index in [-0.39, 0.29) is 6.10 Å². The molecule has 0 spiro atoms. The van der Waals surface area contributed by atoms with Crippen LogP contribution in [0.4, 0.5) is 0 Å². The van der Waals surface area contributed by atoms with Crippen LogP contribution in [0.25, 0.3) is 0 Å². The van der Waals surface area contributed by atoms with Gasteiger partial charge in [-0.2, -0.15) is 0 Å². The Morgan fingerprint density at radius 1 is 1.12 bits per heavy atom. The Bertz CT molecular complexity index is 222. The maximum atomic E-state index is 10.1. The molecule has 1 saturated carbocycles. The molecule has 1 heterocycles. The van der Waals surface area contributed by atoms with Crippen LogP contribution in [0.5, 0.6) is 0 Å². The highest BCUT2D eigenvalue weighted by atomic mass is 16.3. The summed E-state index contributed by atoms with van der Waals surface area (Å²) < 4.78 is 0. The van der Waals surface area contributed by atoms with E-state index >= 15 is 0 Å². The molecule has 1 N–H and O–H groups in total. The first-order valence-corrected chi connectivity index (χ1v) is 6.77. The van der Waals surface area contributed by atoms with Crippen molar-refractivity contribution in [2.45, 2.75) is 56.7 Å². The molecule has 0 aromatic rings. The Labute approximate surface area is 99.4 Å². The summed E-state index contributed by atoms with van der Waals surface area (Å²) in [6.07, 6.45) is 7.17. The normalized spacial score (nSPS) is 37.9. The Balaban J connectivity index is 1.91. The van der Waals surface area contributed by atoms with Gasteiger partial charge in [-0.25, -0.2) is 0 Å². The number of likely N-dealkylation sites (N-methyl/N-ethyl adjacent to an activating group) is 2. The molecule has 2 fully saturated rings. The lowest BCUT2D eigenvalue weighted by Gasteiger charge is -2.43. The number of aliphatic hydroxyl groups is 1. The van der Waals surface area contributed by atoms with Gasteiger partial charge in [0.15, 0.2) is 0 Å². The number of hydrogen-bond acceptors (Lipinski definition) is 3. The second-order valence-corrected chi connectivity index (χ2v) is 5.64. The van der Waals surface area contributed by atoms with Gasteiger partial charge in [0, 0.05) is 18.6 Å². The van der Waals surface area contributed by atoms with Crippen LogP contribution >= 0.6 is 0 Å². The minimum atomic E-state index is -0.0917. The third-order valence-electron chi connectivity index (χ3n) is 4.39. The summed E-state index contributed by atoms with van der Waals surface area (Å²) >= 11 is 0. The van der Waals surface area contributed by atoms with Gasteiger partial charge in [-0.1, -0.05) is 12.8 Å². The van der Waals surface area contributed by atoms with Crippen LogP contribution in [0.1, 0.15) is 38.5 Å². The molecule has 3 unspecified atom stereocenters. The van der Waals surface area contributed by atoms with Crippen molar-refractivity contribution >= 4 is 0 Å². The van der Waals surface area contributed by atoms with E-state index in [1.54, 1.807) is 0 Å². The first kappa shape index (κ1) is 12.3. The molecule has 94 valence electrons. The van der Waals surface area contributed by atoms with Gasteiger partial charge in [0.05, 0.1) is 6.10 Å². The van der Waals surface area contributed by atoms with Crippen LogP contribution in [0.3, 0.4) is 0 Å². The summed E-state index contributed by atoms with van der Waals surface area (Å²) in [6, 6.07) is 1.06. The predicted molar refractivity (Wildman–Crippen MR) is 66.5 cm³/mol. The van der Waals surface area contributed by atoms with Crippen molar-refractivity contribution < 1.29 is 5.11 Å². The molecule has 3 atom stereocenters. The molecule has 1 aliphatic heterocycles. The number of rotatable bonds is 2. The highest BCUT2D eigenvalue weighted by molar-refractivity contribution is 4.87. The lowest BCUT2D eigenvalue weighted by Crippen LogP contribution is -2.53. The van der Waals surface area contributed by atoms with Crippen molar-refractivity contribution in [1.82, 2.24) is 9.80 Å². The van der Waals surface area contributed by atoms with Gasteiger partial charge in [0.25, 0.3) is 0 Å². The third kappa shape index (κ3) is 2.76. The van der Waals surface area contributed by atoms with Gasteiger partial charge in [-0.15, -0.1) is 0 Å². The number of nitrogens with zero attached hydrogens (tertiary/aromatic N) is 2. The number of hydrogen-bond donors (Lipinski definition) is 1. The molecule has 0 aromatic heterocycles. The molecule has 2 rings (SSSR count). The minimum absolute atomic E-state index is 0.0917. The fraction of sp³-hybridized carbons (Fsp3) is 1.00. The third-order valence-corrected chi connectivity index (χ3v) is 4.39. The van der Waals surface area contributed by atoms with Gasteiger partial charge in [0.1, 0.15) is 0 Å². The molecule has 3 nitrogen and oxygen atoms in total. The van der Waals surface area contributed by atoms with Crippen LogP contribution in [-0.2, 0) is 0 Å². The quantitative estimate of drug-likeness (QED) is 0.769. The zero-order chi connectivity index (χ0) is 11.5. The fourth-order valence-corrected chi connectivity index (χ4v) is 3.31. The molecular formula is C13H26N2O. The van der Waals surface area contributed by atoms with E-state index in [0.717, 1.165) is 6.42 Å². The van der Waals surface area contributed by atoms with Crippen molar-refractivity contribution in [3.8, 4) is 0 Å². The summed E-state index contributed by atoms with van der Waals surface area (Å²) in [6.45, 7) is 2.40. The zero-order valence-electron chi connectivity index (χ0n) is 10.7. The van der Waals surface area contributed by atoms with Crippen molar-refractivity contribution in [1.29, 1.82) is 0 Å². The molecule has 1 saturated heterocycles. The standard InChI is InChI=1S/C13H26N2O/c1-14-9-5-6-11(10-14)15(2)12-7-3-4-8-13(12)16/h11-13,16H,3-10H2,1-2H3. The van der Waals surface area contributed by atoms with Gasteiger partial charge in [-0.05, 0) is 46.3 Å². The Kier molecular flexibility index (Phi) is 4.22. The van der Waals surface area contributed by atoms with Gasteiger partial charge in [0.2, 0.25) is 0 Å². The monoisotopic (exact) mass is 226 g/mol. The Hall–Kier alpha value is -0.120. The summed E-state index contributed by atoms with van der Waals surface area (Å²) in [5, 5.41) is 10.1. The summed E-state index contributed by atoms with van der Waals surface area (Å²) in [5.41, 5.74) is 0. The van der Waals surface area contributed by atoms with Gasteiger partial charge >= 0.3 is 0 Å². The van der Waals surface area contributed by atoms with Crippen LogP contribution < -0.4 is 0 Å². The van der Waals surface area contributed by atoms with Crippen molar-refractivity contribution in [2.75, 3.05) is 27.2 Å². The molecule has 2 aliphatic rings. The van der Waals surface area contributed by atoms with E-state index < -0.39 is 0 Å². The van der Waals surface area contributed by atoms with E-state index in [4.69, 9.17) is 0 Å². The second kappa shape index (κ2) is 5.48. The van der Waals surface area contributed by atoms with E-state index in [2.05, 4.69) is 23.9 Å². The molecule has 0 radical (unpaired) electrons. The number of piperidine rings is 1. The SMILES string of the molecule is CN1CCCC(N(C)C2CCCCC2O)C1. The van der Waals surface area contributed by atoms with E-state index in [0.29, 0.717) is 12.1 Å². The first-order valence-electron chi connectivity index (χ1n) is 6.77. The molecule has 1 aliphatic carbocycles. The first-order chi connectivity index (χ1) is 7.68. The average molecular weight is 226 g/mol. The van der Waals surface area contributed by atoms with E-state index in [1.165, 1.54) is 45.2 Å². The van der Waals surface area contributed by atoms with Crippen molar-refractivity contribution in [2.24, 2.45) is 0 Å². The lowest BCUT2D eigenvalue weighted by molar-refractivity contribution is -0.00252. The van der Waals surface area contributed by atoms with Crippen LogP contribution in [0, 0.1) is 0 Å². The maximum Gasteiger partial charge on any atom is 0.0695 e. The lowest BCUT2D eigenvalue weighted by atomic mass is 9.90. The average Bonchev–Trinajstić information content (AvgIpc) is 2.29. The summed E-state index contributed by atoms with van der Waals surface area (Å²) in [5.74, 6) is 0. The maximum absolute atomic E-state index is 10.1.